The summed E-state index contributed by atoms with van der Waals surface area (Å²) in [7, 11) is 1.32. The zero-order chi connectivity index (χ0) is 17.8. The molecule has 0 saturated heterocycles. The van der Waals surface area contributed by atoms with E-state index in [0.717, 1.165) is 16.0 Å². The van der Waals surface area contributed by atoms with Gasteiger partial charge in [0.25, 0.3) is 5.91 Å². The molecule has 25 heavy (non-hydrogen) atoms. The highest BCUT2D eigenvalue weighted by molar-refractivity contribution is 7.10. The number of nitrogens with one attached hydrogen (secondary N) is 1. The van der Waals surface area contributed by atoms with E-state index in [4.69, 9.17) is 4.74 Å². The summed E-state index contributed by atoms with van der Waals surface area (Å²) in [6, 6.07) is 16.6. The quantitative estimate of drug-likeness (QED) is 0.689. The topological polar surface area (TPSA) is 55.4 Å². The highest BCUT2D eigenvalue weighted by Gasteiger charge is 2.19. The maximum absolute atomic E-state index is 12.8. The minimum atomic E-state index is -0.485. The molecule has 3 rings (SSSR count). The van der Waals surface area contributed by atoms with Crippen molar-refractivity contribution in [2.75, 3.05) is 12.4 Å². The Morgan fingerprint density at radius 3 is 2.36 bits per heavy atom. The Labute approximate surface area is 150 Å². The van der Waals surface area contributed by atoms with Gasteiger partial charge in [-0.1, -0.05) is 42.5 Å². The Morgan fingerprint density at radius 2 is 1.64 bits per heavy atom. The van der Waals surface area contributed by atoms with Crippen LogP contribution in [0.3, 0.4) is 0 Å². The number of thiophene rings is 1. The van der Waals surface area contributed by atoms with E-state index in [1.54, 1.807) is 24.3 Å². The standard InChI is InChI=1S/C20H17NO3S/c1-13-18(14-8-4-3-5-9-14)16(12-25-13)19(22)21-17-11-7-6-10-15(17)20(23)24-2/h3-12H,1-2H3,(H,21,22). The molecular formula is C20H17NO3S. The van der Waals surface area contributed by atoms with E-state index in [-0.39, 0.29) is 5.91 Å². The molecule has 0 unspecified atom stereocenters. The van der Waals surface area contributed by atoms with Crippen molar-refractivity contribution in [2.24, 2.45) is 0 Å². The molecule has 0 radical (unpaired) electrons. The van der Waals surface area contributed by atoms with Gasteiger partial charge in [-0.05, 0) is 24.6 Å². The molecule has 0 aliphatic rings. The summed E-state index contributed by atoms with van der Waals surface area (Å²) in [4.78, 5) is 25.8. The predicted molar refractivity (Wildman–Crippen MR) is 100 cm³/mol. The van der Waals surface area contributed by atoms with Crippen LogP contribution in [0, 0.1) is 6.92 Å². The molecular weight excluding hydrogens is 334 g/mol. The van der Waals surface area contributed by atoms with E-state index >= 15 is 0 Å². The van der Waals surface area contributed by atoms with Gasteiger partial charge in [0.15, 0.2) is 0 Å². The third kappa shape index (κ3) is 3.46. The second-order valence-corrected chi connectivity index (χ2v) is 6.52. The molecule has 4 nitrogen and oxygen atoms in total. The van der Waals surface area contributed by atoms with Gasteiger partial charge in [0.1, 0.15) is 0 Å². The molecule has 0 saturated carbocycles. The molecule has 0 aliphatic heterocycles. The monoisotopic (exact) mass is 351 g/mol. The average molecular weight is 351 g/mol. The number of hydrogen-bond acceptors (Lipinski definition) is 4. The van der Waals surface area contributed by atoms with Crippen LogP contribution < -0.4 is 5.32 Å². The fourth-order valence-corrected chi connectivity index (χ4v) is 3.52. The molecule has 1 amide bonds. The number of aryl methyl sites for hydroxylation is 1. The number of anilines is 1. The molecule has 2 aromatic carbocycles. The summed E-state index contributed by atoms with van der Waals surface area (Å²) in [6.45, 7) is 1.99. The molecule has 1 heterocycles. The molecule has 1 aromatic heterocycles. The van der Waals surface area contributed by atoms with E-state index in [0.29, 0.717) is 16.8 Å². The number of rotatable bonds is 4. The van der Waals surface area contributed by atoms with E-state index in [1.807, 2.05) is 42.6 Å². The fourth-order valence-electron chi connectivity index (χ4n) is 2.66. The third-order valence-electron chi connectivity index (χ3n) is 3.86. The number of esters is 1. The zero-order valence-corrected chi connectivity index (χ0v) is 14.7. The van der Waals surface area contributed by atoms with Crippen molar-refractivity contribution < 1.29 is 14.3 Å². The van der Waals surface area contributed by atoms with Crippen molar-refractivity contribution in [3.8, 4) is 11.1 Å². The SMILES string of the molecule is COC(=O)c1ccccc1NC(=O)c1csc(C)c1-c1ccccc1. The summed E-state index contributed by atoms with van der Waals surface area (Å²) in [6.07, 6.45) is 0. The van der Waals surface area contributed by atoms with Crippen LogP contribution in [0.2, 0.25) is 0 Å². The van der Waals surface area contributed by atoms with E-state index in [9.17, 15) is 9.59 Å². The number of amides is 1. The highest BCUT2D eigenvalue weighted by atomic mass is 32.1. The van der Waals surface area contributed by atoms with Gasteiger partial charge in [0.05, 0.1) is 23.9 Å². The molecule has 1 N–H and O–H groups in total. The maximum Gasteiger partial charge on any atom is 0.339 e. The lowest BCUT2D eigenvalue weighted by Crippen LogP contribution is -2.15. The Hall–Kier alpha value is -2.92. The largest absolute Gasteiger partial charge is 0.465 e. The van der Waals surface area contributed by atoms with Crippen LogP contribution in [0.15, 0.2) is 60.0 Å². The van der Waals surface area contributed by atoms with E-state index in [2.05, 4.69) is 5.32 Å². The molecule has 0 atom stereocenters. The average Bonchev–Trinajstić information content (AvgIpc) is 3.04. The highest BCUT2D eigenvalue weighted by Crippen LogP contribution is 2.33. The van der Waals surface area contributed by atoms with Crippen molar-refractivity contribution in [3.05, 3.63) is 76.0 Å². The molecule has 126 valence electrons. The maximum atomic E-state index is 12.8. The Morgan fingerprint density at radius 1 is 0.960 bits per heavy atom. The number of carbonyl (C=O) groups excluding carboxylic acids is 2. The van der Waals surface area contributed by atoms with Gasteiger partial charge in [0, 0.05) is 15.8 Å². The lowest BCUT2D eigenvalue weighted by Gasteiger charge is -2.11. The minimum Gasteiger partial charge on any atom is -0.465 e. The molecule has 0 fully saturated rings. The van der Waals surface area contributed by atoms with Gasteiger partial charge >= 0.3 is 5.97 Å². The fraction of sp³-hybridized carbons (Fsp3) is 0.100. The Bertz CT molecular complexity index is 916. The van der Waals surface area contributed by atoms with Crippen molar-refractivity contribution >= 4 is 28.9 Å². The van der Waals surface area contributed by atoms with Crippen LogP contribution in [0.4, 0.5) is 5.69 Å². The number of methoxy groups -OCH3 is 1. The van der Waals surface area contributed by atoms with Crippen LogP contribution in [0.25, 0.3) is 11.1 Å². The van der Waals surface area contributed by atoms with Gasteiger partial charge in [-0.3, -0.25) is 4.79 Å². The van der Waals surface area contributed by atoms with Crippen LogP contribution in [0.5, 0.6) is 0 Å². The van der Waals surface area contributed by atoms with Crippen LogP contribution in [-0.4, -0.2) is 19.0 Å². The van der Waals surface area contributed by atoms with Crippen molar-refractivity contribution in [3.63, 3.8) is 0 Å². The van der Waals surface area contributed by atoms with Gasteiger partial charge in [-0.25, -0.2) is 4.79 Å². The van der Waals surface area contributed by atoms with E-state index < -0.39 is 5.97 Å². The van der Waals surface area contributed by atoms with Gasteiger partial charge in [-0.15, -0.1) is 11.3 Å². The van der Waals surface area contributed by atoms with Gasteiger partial charge < -0.3 is 10.1 Å². The number of ether oxygens (including phenoxy) is 1. The second-order valence-electron chi connectivity index (χ2n) is 5.44. The zero-order valence-electron chi connectivity index (χ0n) is 13.9. The molecule has 3 aromatic rings. The predicted octanol–water partition coefficient (Wildman–Crippen LogP) is 4.76. The van der Waals surface area contributed by atoms with Crippen molar-refractivity contribution in [1.82, 2.24) is 0 Å². The van der Waals surface area contributed by atoms with Crippen LogP contribution >= 0.6 is 11.3 Å². The Balaban J connectivity index is 1.96. The summed E-state index contributed by atoms with van der Waals surface area (Å²) in [5.74, 6) is -0.736. The number of benzene rings is 2. The smallest absolute Gasteiger partial charge is 0.339 e. The lowest BCUT2D eigenvalue weighted by atomic mass is 10.0. The van der Waals surface area contributed by atoms with E-state index in [1.165, 1.54) is 18.4 Å². The van der Waals surface area contributed by atoms with Gasteiger partial charge in [-0.2, -0.15) is 0 Å². The van der Waals surface area contributed by atoms with Gasteiger partial charge in [0.2, 0.25) is 0 Å². The normalized spacial score (nSPS) is 10.3. The summed E-state index contributed by atoms with van der Waals surface area (Å²) in [5, 5.41) is 4.67. The lowest BCUT2D eigenvalue weighted by molar-refractivity contribution is 0.0602. The minimum absolute atomic E-state index is 0.250. The molecule has 5 heteroatoms. The summed E-state index contributed by atoms with van der Waals surface area (Å²) >= 11 is 1.53. The molecule has 0 aliphatic carbocycles. The first-order valence-corrected chi connectivity index (χ1v) is 8.62. The molecule has 0 spiro atoms. The summed E-state index contributed by atoms with van der Waals surface area (Å²) in [5.41, 5.74) is 3.26. The first kappa shape index (κ1) is 16.9. The van der Waals surface area contributed by atoms with Crippen LogP contribution in [0.1, 0.15) is 25.6 Å². The Kier molecular flexibility index (Phi) is 4.95. The first-order valence-electron chi connectivity index (χ1n) is 7.74. The number of carbonyl (C=O) groups is 2. The first-order chi connectivity index (χ1) is 12.1. The molecule has 0 bridgehead atoms. The second kappa shape index (κ2) is 7.32. The number of hydrogen-bond donors (Lipinski definition) is 1. The summed E-state index contributed by atoms with van der Waals surface area (Å²) < 4.78 is 4.77. The van der Waals surface area contributed by atoms with Crippen molar-refractivity contribution in [2.45, 2.75) is 6.92 Å². The third-order valence-corrected chi connectivity index (χ3v) is 4.77. The van der Waals surface area contributed by atoms with Crippen molar-refractivity contribution in [1.29, 1.82) is 0 Å². The van der Waals surface area contributed by atoms with Crippen LogP contribution in [-0.2, 0) is 4.74 Å². The number of para-hydroxylation sites is 1.